The highest BCUT2D eigenvalue weighted by Crippen LogP contribution is 2.38. The molecule has 0 aromatic heterocycles. The zero-order valence-corrected chi connectivity index (χ0v) is 22.6. The molecular formula is C31H36O4S. The summed E-state index contributed by atoms with van der Waals surface area (Å²) >= 11 is 0. The zero-order valence-electron chi connectivity index (χ0n) is 21.8. The quantitative estimate of drug-likeness (QED) is 0.385. The predicted molar refractivity (Wildman–Crippen MR) is 146 cm³/mol. The van der Waals surface area contributed by atoms with Gasteiger partial charge in [0.1, 0.15) is 18.1 Å². The first-order chi connectivity index (χ1) is 17.0. The molecule has 0 saturated carbocycles. The Labute approximate surface area is 216 Å². The van der Waals surface area contributed by atoms with Crippen molar-refractivity contribution in [3.05, 3.63) is 107 Å². The average Bonchev–Trinajstić information content (AvgIpc) is 2.88. The molecule has 0 aliphatic heterocycles. The minimum Gasteiger partial charge on any atom is -0.497 e. The third-order valence-corrected chi connectivity index (χ3v) is 9.25. The van der Waals surface area contributed by atoms with E-state index in [-0.39, 0.29) is 10.8 Å². The van der Waals surface area contributed by atoms with E-state index in [0.717, 1.165) is 12.0 Å². The van der Waals surface area contributed by atoms with Crippen molar-refractivity contribution in [1.82, 2.24) is 0 Å². The van der Waals surface area contributed by atoms with Crippen LogP contribution < -0.4 is 4.74 Å². The number of rotatable bonds is 8. The van der Waals surface area contributed by atoms with Crippen LogP contribution in [0.4, 0.5) is 0 Å². The van der Waals surface area contributed by atoms with E-state index >= 15 is 0 Å². The van der Waals surface area contributed by atoms with Crippen LogP contribution in [0.25, 0.3) is 0 Å². The summed E-state index contributed by atoms with van der Waals surface area (Å²) in [7, 11) is -1.89. The highest BCUT2D eigenvalue weighted by molar-refractivity contribution is 7.92. The Morgan fingerprint density at radius 2 is 1.67 bits per heavy atom. The summed E-state index contributed by atoms with van der Waals surface area (Å²) in [4.78, 5) is 0.291. The minimum atomic E-state index is -3.46. The Morgan fingerprint density at radius 1 is 0.972 bits per heavy atom. The molecule has 2 aliphatic rings. The summed E-state index contributed by atoms with van der Waals surface area (Å²) in [5.41, 5.74) is 3.83. The lowest BCUT2D eigenvalue weighted by atomic mass is 9.72. The molecule has 1 unspecified atom stereocenters. The summed E-state index contributed by atoms with van der Waals surface area (Å²) in [6.45, 7) is 9.46. The highest BCUT2D eigenvalue weighted by atomic mass is 32.2. The number of benzene rings is 2. The van der Waals surface area contributed by atoms with E-state index in [1.54, 1.807) is 49.6 Å². The van der Waals surface area contributed by atoms with Crippen LogP contribution in [0.3, 0.4) is 0 Å². The van der Waals surface area contributed by atoms with Gasteiger partial charge in [-0.15, -0.1) is 0 Å². The Morgan fingerprint density at radius 3 is 2.22 bits per heavy atom. The normalized spacial score (nSPS) is 19.4. The monoisotopic (exact) mass is 504 g/mol. The third-order valence-electron chi connectivity index (χ3n) is 7.18. The van der Waals surface area contributed by atoms with Gasteiger partial charge in [0, 0.05) is 5.41 Å². The van der Waals surface area contributed by atoms with E-state index < -0.39 is 15.1 Å². The number of ether oxygens (including phenoxy) is 2. The third kappa shape index (κ3) is 5.67. The van der Waals surface area contributed by atoms with Gasteiger partial charge in [0.05, 0.1) is 17.3 Å². The largest absolute Gasteiger partial charge is 0.497 e. The van der Waals surface area contributed by atoms with Crippen molar-refractivity contribution in [1.29, 1.82) is 0 Å². The number of hydrogen-bond acceptors (Lipinski definition) is 4. The van der Waals surface area contributed by atoms with Gasteiger partial charge in [0.15, 0.2) is 9.84 Å². The smallest absolute Gasteiger partial charge is 0.185 e. The van der Waals surface area contributed by atoms with Crippen LogP contribution in [0, 0.1) is 5.41 Å². The fourth-order valence-corrected chi connectivity index (χ4v) is 6.00. The van der Waals surface area contributed by atoms with Gasteiger partial charge in [-0.05, 0) is 71.4 Å². The molecule has 2 aromatic carbocycles. The molecular weight excluding hydrogens is 468 g/mol. The van der Waals surface area contributed by atoms with E-state index in [4.69, 9.17) is 9.47 Å². The van der Waals surface area contributed by atoms with Crippen LogP contribution in [0.1, 0.15) is 51.7 Å². The van der Waals surface area contributed by atoms with Crippen molar-refractivity contribution in [2.24, 2.45) is 5.41 Å². The second-order valence-electron chi connectivity index (χ2n) is 10.8. The number of sulfone groups is 1. The van der Waals surface area contributed by atoms with Crippen molar-refractivity contribution in [3.8, 4) is 5.75 Å². The van der Waals surface area contributed by atoms with Gasteiger partial charge in [-0.25, -0.2) is 8.42 Å². The molecule has 0 heterocycles. The van der Waals surface area contributed by atoms with Gasteiger partial charge in [0.25, 0.3) is 0 Å². The van der Waals surface area contributed by atoms with E-state index in [1.165, 1.54) is 11.1 Å². The van der Waals surface area contributed by atoms with Crippen LogP contribution in [0.2, 0.25) is 0 Å². The van der Waals surface area contributed by atoms with Crippen LogP contribution in [0.5, 0.6) is 5.75 Å². The standard InChI is InChI=1S/C31H36O4S/c1-30(2)20-18-25(19-21-30)31(3,4)24-8-6-23(7-9-24)22-35-27-12-16-29(17-13-27)36(32,33)28-14-10-26(34-5)11-15-28/h6-14,16-20,28H,15,21-22H2,1-5H3. The van der Waals surface area contributed by atoms with Gasteiger partial charge in [-0.2, -0.15) is 0 Å². The first kappa shape index (κ1) is 26.0. The molecule has 0 radical (unpaired) electrons. The zero-order chi connectivity index (χ0) is 26.0. The lowest BCUT2D eigenvalue weighted by Gasteiger charge is -2.32. The lowest BCUT2D eigenvalue weighted by molar-refractivity contribution is 0.303. The summed E-state index contributed by atoms with van der Waals surface area (Å²) in [5, 5.41) is -0.586. The SMILES string of the molecule is COC1=CCC(S(=O)(=O)c2ccc(OCc3ccc(C(C)(C)C4=CCC(C)(C)C=C4)cc3)cc2)C=C1. The molecule has 1 atom stereocenters. The molecule has 0 N–H and O–H groups in total. The van der Waals surface area contributed by atoms with Crippen LogP contribution in [-0.2, 0) is 26.6 Å². The van der Waals surface area contributed by atoms with Crippen molar-refractivity contribution < 1.29 is 17.9 Å². The van der Waals surface area contributed by atoms with E-state index in [0.29, 0.717) is 29.4 Å². The molecule has 4 rings (SSSR count). The molecule has 0 bridgehead atoms. The van der Waals surface area contributed by atoms with Crippen molar-refractivity contribution in [2.45, 2.75) is 62.7 Å². The first-order valence-corrected chi connectivity index (χ1v) is 13.9. The lowest BCUT2D eigenvalue weighted by Crippen LogP contribution is -2.22. The topological polar surface area (TPSA) is 52.6 Å². The molecule has 36 heavy (non-hydrogen) atoms. The molecule has 190 valence electrons. The summed E-state index contributed by atoms with van der Waals surface area (Å²) in [6, 6.07) is 15.2. The van der Waals surface area contributed by atoms with Crippen LogP contribution >= 0.6 is 0 Å². The second kappa shape index (κ2) is 10.1. The maximum atomic E-state index is 13.0. The Bertz CT molecular complexity index is 1310. The van der Waals surface area contributed by atoms with Gasteiger partial charge < -0.3 is 9.47 Å². The van der Waals surface area contributed by atoms with E-state index in [2.05, 4.69) is 70.2 Å². The average molecular weight is 505 g/mol. The fourth-order valence-electron chi connectivity index (χ4n) is 4.50. The summed E-state index contributed by atoms with van der Waals surface area (Å²) < 4.78 is 37.0. The Kier molecular flexibility index (Phi) is 7.33. The molecule has 0 amide bonds. The van der Waals surface area contributed by atoms with Crippen LogP contribution in [-0.4, -0.2) is 20.8 Å². The molecule has 0 spiro atoms. The van der Waals surface area contributed by atoms with E-state index in [9.17, 15) is 8.42 Å². The van der Waals surface area contributed by atoms with Gasteiger partial charge in [-0.3, -0.25) is 0 Å². The summed E-state index contributed by atoms with van der Waals surface area (Å²) in [5.74, 6) is 1.33. The second-order valence-corrected chi connectivity index (χ2v) is 12.9. The van der Waals surface area contributed by atoms with Crippen molar-refractivity contribution in [2.75, 3.05) is 7.11 Å². The first-order valence-electron chi connectivity index (χ1n) is 12.4. The minimum absolute atomic E-state index is 0.0673. The van der Waals surface area contributed by atoms with Gasteiger partial charge in [0.2, 0.25) is 0 Å². The van der Waals surface area contributed by atoms with Crippen molar-refractivity contribution >= 4 is 9.84 Å². The van der Waals surface area contributed by atoms with Crippen molar-refractivity contribution in [3.63, 3.8) is 0 Å². The van der Waals surface area contributed by atoms with Gasteiger partial charge in [-0.1, -0.05) is 76.3 Å². The molecule has 2 aliphatic carbocycles. The van der Waals surface area contributed by atoms with Crippen LogP contribution in [0.15, 0.2) is 101 Å². The number of methoxy groups -OCH3 is 1. The number of hydrogen-bond donors (Lipinski definition) is 0. The number of allylic oxidation sites excluding steroid dienone is 6. The maximum absolute atomic E-state index is 13.0. The maximum Gasteiger partial charge on any atom is 0.185 e. The van der Waals surface area contributed by atoms with E-state index in [1.807, 2.05) is 0 Å². The Hall–Kier alpha value is -3.05. The molecule has 0 saturated heterocycles. The highest BCUT2D eigenvalue weighted by Gasteiger charge is 2.28. The molecule has 0 fully saturated rings. The fraction of sp³-hybridized carbons (Fsp3) is 0.355. The molecule has 5 heteroatoms. The summed E-state index contributed by atoms with van der Waals surface area (Å²) in [6.07, 6.45) is 13.6. The van der Waals surface area contributed by atoms with Gasteiger partial charge >= 0.3 is 0 Å². The molecule has 4 nitrogen and oxygen atoms in total. The Balaban J connectivity index is 1.37. The predicted octanol–water partition coefficient (Wildman–Crippen LogP) is 7.09. The molecule has 2 aromatic rings.